The fourth-order valence-electron chi connectivity index (χ4n) is 3.34. The van der Waals surface area contributed by atoms with Crippen LogP contribution in [-0.4, -0.2) is 13.1 Å². The number of rotatable bonds is 2. The highest BCUT2D eigenvalue weighted by Gasteiger charge is 2.29. The van der Waals surface area contributed by atoms with E-state index in [-0.39, 0.29) is 0 Å². The summed E-state index contributed by atoms with van der Waals surface area (Å²) in [7, 11) is 0. The van der Waals surface area contributed by atoms with E-state index in [0.29, 0.717) is 11.8 Å². The minimum atomic E-state index is 0.542. The van der Waals surface area contributed by atoms with E-state index in [0.717, 1.165) is 13.1 Å². The van der Waals surface area contributed by atoms with Crippen LogP contribution in [0.3, 0.4) is 0 Å². The Morgan fingerprint density at radius 3 is 2.40 bits per heavy atom. The lowest BCUT2D eigenvalue weighted by Crippen LogP contribution is -2.34. The molecule has 1 fully saturated rings. The molecule has 2 aromatic carbocycles. The average Bonchev–Trinajstić information content (AvgIpc) is 2.48. The van der Waals surface area contributed by atoms with Crippen LogP contribution in [0.15, 0.2) is 53.0 Å². The van der Waals surface area contributed by atoms with E-state index >= 15 is 0 Å². The van der Waals surface area contributed by atoms with Gasteiger partial charge in [0.15, 0.2) is 0 Å². The van der Waals surface area contributed by atoms with E-state index in [1.165, 1.54) is 27.6 Å². The Balaban J connectivity index is 2.00. The van der Waals surface area contributed by atoms with Gasteiger partial charge in [-0.2, -0.15) is 0 Å². The van der Waals surface area contributed by atoms with E-state index in [1.54, 1.807) is 0 Å². The molecule has 0 radical (unpaired) electrons. The summed E-state index contributed by atoms with van der Waals surface area (Å²) in [6, 6.07) is 17.5. The van der Waals surface area contributed by atoms with Crippen LogP contribution in [0.5, 0.6) is 0 Å². The Labute approximate surface area is 129 Å². The third-order valence-electron chi connectivity index (χ3n) is 4.37. The second-order valence-corrected chi connectivity index (χ2v) is 6.44. The maximum Gasteiger partial charge on any atom is 0.0210 e. The largest absolute Gasteiger partial charge is 0.316 e. The number of benzene rings is 2. The number of aryl methyl sites for hydroxylation is 1. The van der Waals surface area contributed by atoms with Crippen LogP contribution < -0.4 is 5.32 Å². The molecule has 104 valence electrons. The van der Waals surface area contributed by atoms with Gasteiger partial charge in [-0.1, -0.05) is 58.4 Å². The maximum atomic E-state index is 3.72. The monoisotopic (exact) mass is 329 g/mol. The summed E-state index contributed by atoms with van der Waals surface area (Å²) in [5.74, 6) is 1.15. The summed E-state index contributed by atoms with van der Waals surface area (Å²) in [6.45, 7) is 4.40. The summed E-state index contributed by atoms with van der Waals surface area (Å²) >= 11 is 3.72. The van der Waals surface area contributed by atoms with Crippen LogP contribution in [0, 0.1) is 6.92 Å². The third kappa shape index (κ3) is 2.68. The van der Waals surface area contributed by atoms with Gasteiger partial charge in [-0.15, -0.1) is 0 Å². The van der Waals surface area contributed by atoms with Crippen molar-refractivity contribution in [2.75, 3.05) is 13.1 Å². The van der Waals surface area contributed by atoms with Crippen molar-refractivity contribution < 1.29 is 0 Å². The lowest BCUT2D eigenvalue weighted by atomic mass is 9.76. The van der Waals surface area contributed by atoms with Gasteiger partial charge in [-0.25, -0.2) is 0 Å². The molecular weight excluding hydrogens is 310 g/mol. The average molecular weight is 330 g/mol. The molecule has 0 aromatic heterocycles. The second-order valence-electron chi connectivity index (χ2n) is 5.58. The molecule has 0 spiro atoms. The molecule has 0 aliphatic carbocycles. The molecule has 0 amide bonds. The number of piperidine rings is 1. The van der Waals surface area contributed by atoms with Crippen molar-refractivity contribution in [2.45, 2.75) is 25.2 Å². The standard InChI is InChI=1S/C18H20BrN/c1-13-6-2-3-7-14(13)15-10-11-20-12-17(15)16-8-4-5-9-18(16)19/h2-9,15,17,20H,10-12H2,1H3. The molecule has 2 aromatic rings. The van der Waals surface area contributed by atoms with E-state index in [1.807, 2.05) is 0 Å². The van der Waals surface area contributed by atoms with Crippen molar-refractivity contribution in [1.82, 2.24) is 5.32 Å². The molecule has 1 saturated heterocycles. The first-order valence-corrected chi connectivity index (χ1v) is 8.07. The van der Waals surface area contributed by atoms with Crippen LogP contribution in [0.1, 0.15) is 34.9 Å². The van der Waals surface area contributed by atoms with Crippen LogP contribution in [0.25, 0.3) is 0 Å². The molecule has 1 nitrogen and oxygen atoms in total. The van der Waals surface area contributed by atoms with E-state index in [9.17, 15) is 0 Å². The normalized spacial score (nSPS) is 22.7. The lowest BCUT2D eigenvalue weighted by Gasteiger charge is -2.34. The summed E-state index contributed by atoms with van der Waals surface area (Å²) in [6.07, 6.45) is 1.21. The quantitative estimate of drug-likeness (QED) is 0.847. The molecule has 0 bridgehead atoms. The van der Waals surface area contributed by atoms with Crippen molar-refractivity contribution in [3.05, 3.63) is 69.7 Å². The molecule has 2 heteroatoms. The van der Waals surface area contributed by atoms with Crippen molar-refractivity contribution in [3.63, 3.8) is 0 Å². The maximum absolute atomic E-state index is 3.72. The summed E-state index contributed by atoms with van der Waals surface area (Å²) in [5.41, 5.74) is 4.35. The van der Waals surface area contributed by atoms with E-state index in [4.69, 9.17) is 0 Å². The Hall–Kier alpha value is -1.12. The van der Waals surface area contributed by atoms with E-state index < -0.39 is 0 Å². The summed E-state index contributed by atoms with van der Waals surface area (Å²) in [5, 5.41) is 3.56. The number of halogens is 1. The molecule has 1 aliphatic heterocycles. The molecule has 1 N–H and O–H groups in total. The van der Waals surface area contributed by atoms with Gasteiger partial charge < -0.3 is 5.32 Å². The first kappa shape index (κ1) is 13.8. The van der Waals surface area contributed by atoms with Gasteiger partial charge in [0.1, 0.15) is 0 Å². The van der Waals surface area contributed by atoms with Gasteiger partial charge in [-0.05, 0) is 48.6 Å². The Morgan fingerprint density at radius 2 is 1.65 bits per heavy atom. The summed E-state index contributed by atoms with van der Waals surface area (Å²) < 4.78 is 1.23. The first-order valence-electron chi connectivity index (χ1n) is 7.28. The number of nitrogens with one attached hydrogen (secondary N) is 1. The van der Waals surface area contributed by atoms with Crippen molar-refractivity contribution in [3.8, 4) is 0 Å². The SMILES string of the molecule is Cc1ccccc1C1CCNCC1c1ccccc1Br. The van der Waals surface area contributed by atoms with Gasteiger partial charge >= 0.3 is 0 Å². The highest BCUT2D eigenvalue weighted by molar-refractivity contribution is 9.10. The van der Waals surface area contributed by atoms with E-state index in [2.05, 4.69) is 76.7 Å². The Kier molecular flexibility index (Phi) is 4.23. The summed E-state index contributed by atoms with van der Waals surface area (Å²) in [4.78, 5) is 0. The fraction of sp³-hybridized carbons (Fsp3) is 0.333. The van der Waals surface area contributed by atoms with Gasteiger partial charge in [0.25, 0.3) is 0 Å². The van der Waals surface area contributed by atoms with Crippen LogP contribution in [-0.2, 0) is 0 Å². The molecule has 1 aliphatic rings. The topological polar surface area (TPSA) is 12.0 Å². The van der Waals surface area contributed by atoms with Crippen LogP contribution in [0.4, 0.5) is 0 Å². The van der Waals surface area contributed by atoms with Crippen LogP contribution in [0.2, 0.25) is 0 Å². The van der Waals surface area contributed by atoms with Crippen LogP contribution >= 0.6 is 15.9 Å². The zero-order valence-corrected chi connectivity index (χ0v) is 13.4. The molecule has 20 heavy (non-hydrogen) atoms. The molecule has 2 atom stereocenters. The van der Waals surface area contributed by atoms with Crippen molar-refractivity contribution >= 4 is 15.9 Å². The minimum Gasteiger partial charge on any atom is -0.316 e. The first-order chi connectivity index (χ1) is 9.77. The predicted octanol–water partition coefficient (Wildman–Crippen LogP) is 4.62. The minimum absolute atomic E-state index is 0.542. The smallest absolute Gasteiger partial charge is 0.0210 e. The molecule has 3 rings (SSSR count). The number of hydrogen-bond donors (Lipinski definition) is 1. The zero-order chi connectivity index (χ0) is 13.9. The lowest BCUT2D eigenvalue weighted by molar-refractivity contribution is 0.402. The highest BCUT2D eigenvalue weighted by Crippen LogP contribution is 2.40. The molecule has 2 unspecified atom stereocenters. The predicted molar refractivity (Wildman–Crippen MR) is 88.3 cm³/mol. The Bertz CT molecular complexity index is 540. The zero-order valence-electron chi connectivity index (χ0n) is 11.8. The van der Waals surface area contributed by atoms with Gasteiger partial charge in [0, 0.05) is 16.9 Å². The molecular formula is C18H20BrN. The van der Waals surface area contributed by atoms with Gasteiger partial charge in [0.05, 0.1) is 0 Å². The number of hydrogen-bond acceptors (Lipinski definition) is 1. The van der Waals surface area contributed by atoms with Crippen molar-refractivity contribution in [1.29, 1.82) is 0 Å². The van der Waals surface area contributed by atoms with Gasteiger partial charge in [0.2, 0.25) is 0 Å². The second kappa shape index (κ2) is 6.11. The molecule has 1 heterocycles. The third-order valence-corrected chi connectivity index (χ3v) is 5.10. The van der Waals surface area contributed by atoms with Crippen molar-refractivity contribution in [2.24, 2.45) is 0 Å². The van der Waals surface area contributed by atoms with Gasteiger partial charge in [-0.3, -0.25) is 0 Å². The highest BCUT2D eigenvalue weighted by atomic mass is 79.9. The fourth-order valence-corrected chi connectivity index (χ4v) is 3.91. The molecule has 0 saturated carbocycles. The Morgan fingerprint density at radius 1 is 0.950 bits per heavy atom.